The quantitative estimate of drug-likeness (QED) is 0.624. The molecule has 0 heterocycles. The lowest BCUT2D eigenvalue weighted by molar-refractivity contribution is 0.340. The van der Waals surface area contributed by atoms with E-state index in [0.29, 0.717) is 17.6 Å². The molecule has 1 aromatic carbocycles. The molecule has 0 bridgehead atoms. The summed E-state index contributed by atoms with van der Waals surface area (Å²) in [5.74, 6) is 0.726. The molecule has 0 amide bonds. The molecule has 0 aliphatic heterocycles. The summed E-state index contributed by atoms with van der Waals surface area (Å²) in [6.45, 7) is 3.27. The van der Waals surface area contributed by atoms with Gasteiger partial charge in [0.1, 0.15) is 5.75 Å². The Hall–Kier alpha value is -0.440. The van der Waals surface area contributed by atoms with Crippen LogP contribution in [0.25, 0.3) is 0 Å². The smallest absolute Gasteiger partial charge is 0.137 e. The van der Waals surface area contributed by atoms with Crippen LogP contribution in [0.5, 0.6) is 5.75 Å². The summed E-state index contributed by atoms with van der Waals surface area (Å²) in [7, 11) is 0. The fourth-order valence-corrected chi connectivity index (χ4v) is 1.47. The third-order valence-electron chi connectivity index (χ3n) is 1.72. The molecule has 0 radical (unpaired) electrons. The summed E-state index contributed by atoms with van der Waals surface area (Å²) in [6.07, 6.45) is 0. The minimum absolute atomic E-state index is 0.435. The zero-order valence-corrected chi connectivity index (χ0v) is 9.53. The topological polar surface area (TPSA) is 21.3 Å². The first-order chi connectivity index (χ1) is 6.77. The molecule has 1 aromatic rings. The van der Waals surface area contributed by atoms with Gasteiger partial charge in [0.05, 0.1) is 17.6 Å². The van der Waals surface area contributed by atoms with Crippen LogP contribution in [0, 0.1) is 0 Å². The second-order valence-corrected chi connectivity index (χ2v) is 3.43. The Balaban J connectivity index is 2.68. The standard InChI is InChI=1S/C10H13Cl2NO/c1-2-14-10-4-3-8(5-9(10)12)6-13-7-11/h3-5,13H,2,6-7H2,1H3. The van der Waals surface area contributed by atoms with E-state index in [-0.39, 0.29) is 0 Å². The minimum atomic E-state index is 0.435. The van der Waals surface area contributed by atoms with Gasteiger partial charge in [-0.15, -0.1) is 11.6 Å². The van der Waals surface area contributed by atoms with Gasteiger partial charge >= 0.3 is 0 Å². The first-order valence-corrected chi connectivity index (χ1v) is 5.37. The average molecular weight is 234 g/mol. The van der Waals surface area contributed by atoms with Crippen LogP contribution in [-0.4, -0.2) is 12.6 Å². The van der Waals surface area contributed by atoms with E-state index >= 15 is 0 Å². The maximum atomic E-state index is 6.00. The lowest BCUT2D eigenvalue weighted by Crippen LogP contribution is -2.10. The predicted molar refractivity (Wildman–Crippen MR) is 60.2 cm³/mol. The van der Waals surface area contributed by atoms with E-state index in [0.717, 1.165) is 17.9 Å². The second kappa shape index (κ2) is 6.12. The predicted octanol–water partition coefficient (Wildman–Crippen LogP) is 3.02. The number of rotatable bonds is 5. The number of benzene rings is 1. The number of ether oxygens (including phenoxy) is 1. The van der Waals surface area contributed by atoms with Gasteiger partial charge in [0.2, 0.25) is 0 Å². The van der Waals surface area contributed by atoms with E-state index < -0.39 is 0 Å². The van der Waals surface area contributed by atoms with Gasteiger partial charge in [-0.3, -0.25) is 5.32 Å². The zero-order valence-electron chi connectivity index (χ0n) is 8.02. The third-order valence-corrected chi connectivity index (χ3v) is 2.20. The van der Waals surface area contributed by atoms with Crippen molar-refractivity contribution in [1.82, 2.24) is 5.32 Å². The van der Waals surface area contributed by atoms with Gasteiger partial charge in [-0.25, -0.2) is 0 Å². The molecular weight excluding hydrogens is 221 g/mol. The molecule has 0 atom stereocenters. The first-order valence-electron chi connectivity index (χ1n) is 4.45. The van der Waals surface area contributed by atoms with Crippen molar-refractivity contribution in [3.8, 4) is 5.75 Å². The van der Waals surface area contributed by atoms with Crippen LogP contribution in [-0.2, 0) is 6.54 Å². The Kier molecular flexibility index (Phi) is 5.09. The Labute approximate surface area is 94.2 Å². The van der Waals surface area contributed by atoms with Crippen LogP contribution < -0.4 is 10.1 Å². The normalized spacial score (nSPS) is 10.2. The monoisotopic (exact) mass is 233 g/mol. The molecule has 0 fully saturated rings. The first kappa shape index (κ1) is 11.6. The number of nitrogens with one attached hydrogen (secondary N) is 1. The highest BCUT2D eigenvalue weighted by molar-refractivity contribution is 6.32. The van der Waals surface area contributed by atoms with Crippen LogP contribution in [0.1, 0.15) is 12.5 Å². The molecule has 14 heavy (non-hydrogen) atoms. The van der Waals surface area contributed by atoms with Gasteiger partial charge in [0.25, 0.3) is 0 Å². The molecule has 0 aromatic heterocycles. The van der Waals surface area contributed by atoms with Crippen LogP contribution in [0.4, 0.5) is 0 Å². The summed E-state index contributed by atoms with van der Waals surface area (Å²) >= 11 is 11.5. The van der Waals surface area contributed by atoms with Crippen molar-refractivity contribution < 1.29 is 4.74 Å². The summed E-state index contributed by atoms with van der Waals surface area (Å²) in [5, 5.41) is 3.65. The van der Waals surface area contributed by atoms with Gasteiger partial charge in [0, 0.05) is 6.54 Å². The van der Waals surface area contributed by atoms with Crippen LogP contribution in [0.2, 0.25) is 5.02 Å². The van der Waals surface area contributed by atoms with Crippen molar-refractivity contribution in [3.05, 3.63) is 28.8 Å². The molecule has 0 unspecified atom stereocenters. The molecule has 4 heteroatoms. The maximum Gasteiger partial charge on any atom is 0.137 e. The summed E-state index contributed by atoms with van der Waals surface area (Å²) in [4.78, 5) is 0. The molecule has 1 N–H and O–H groups in total. The van der Waals surface area contributed by atoms with Crippen molar-refractivity contribution in [2.24, 2.45) is 0 Å². The highest BCUT2D eigenvalue weighted by atomic mass is 35.5. The maximum absolute atomic E-state index is 6.00. The van der Waals surface area contributed by atoms with Gasteiger partial charge < -0.3 is 4.74 Å². The van der Waals surface area contributed by atoms with Crippen LogP contribution in [0.3, 0.4) is 0 Å². The molecule has 78 valence electrons. The lowest BCUT2D eigenvalue weighted by atomic mass is 10.2. The van der Waals surface area contributed by atoms with Crippen LogP contribution in [0.15, 0.2) is 18.2 Å². The Bertz CT molecular complexity index is 291. The number of alkyl halides is 1. The van der Waals surface area contributed by atoms with E-state index in [1.807, 2.05) is 25.1 Å². The number of halogens is 2. The van der Waals surface area contributed by atoms with Crippen LogP contribution >= 0.6 is 23.2 Å². The van der Waals surface area contributed by atoms with Crippen molar-refractivity contribution in [1.29, 1.82) is 0 Å². The SMILES string of the molecule is CCOc1ccc(CNCCl)cc1Cl. The molecule has 2 nitrogen and oxygen atoms in total. The van der Waals surface area contributed by atoms with E-state index in [9.17, 15) is 0 Å². The van der Waals surface area contributed by atoms with Crippen molar-refractivity contribution in [3.63, 3.8) is 0 Å². The van der Waals surface area contributed by atoms with E-state index in [1.165, 1.54) is 0 Å². The van der Waals surface area contributed by atoms with Gasteiger partial charge in [-0.05, 0) is 24.6 Å². The fraction of sp³-hybridized carbons (Fsp3) is 0.400. The molecule has 0 aliphatic rings. The van der Waals surface area contributed by atoms with Gasteiger partial charge in [-0.2, -0.15) is 0 Å². The third kappa shape index (κ3) is 3.37. The van der Waals surface area contributed by atoms with Crippen molar-refractivity contribution in [2.75, 3.05) is 12.6 Å². The Morgan fingerprint density at radius 3 is 2.79 bits per heavy atom. The molecule has 0 aliphatic carbocycles. The van der Waals surface area contributed by atoms with Gasteiger partial charge in [0.15, 0.2) is 0 Å². The van der Waals surface area contributed by atoms with E-state index in [4.69, 9.17) is 27.9 Å². The molecule has 0 spiro atoms. The fourth-order valence-electron chi connectivity index (χ4n) is 1.12. The van der Waals surface area contributed by atoms with Gasteiger partial charge in [-0.1, -0.05) is 17.7 Å². The second-order valence-electron chi connectivity index (χ2n) is 2.76. The summed E-state index contributed by atoms with van der Waals surface area (Å²) < 4.78 is 5.32. The minimum Gasteiger partial charge on any atom is -0.492 e. The summed E-state index contributed by atoms with van der Waals surface area (Å²) in [6, 6.07) is 6.16. The van der Waals surface area contributed by atoms with Crippen molar-refractivity contribution in [2.45, 2.75) is 13.5 Å². The van der Waals surface area contributed by atoms with Crippen molar-refractivity contribution >= 4 is 23.2 Å². The van der Waals surface area contributed by atoms with E-state index in [2.05, 4.69) is 5.32 Å². The number of hydrogen-bond donors (Lipinski definition) is 1. The molecule has 1 rings (SSSR count). The number of hydrogen-bond acceptors (Lipinski definition) is 2. The molecular formula is C10H13Cl2NO. The highest BCUT2D eigenvalue weighted by Crippen LogP contribution is 2.25. The summed E-state index contributed by atoms with van der Waals surface area (Å²) in [5.41, 5.74) is 1.10. The Morgan fingerprint density at radius 2 is 2.21 bits per heavy atom. The molecule has 0 saturated carbocycles. The average Bonchev–Trinajstić information content (AvgIpc) is 2.19. The van der Waals surface area contributed by atoms with E-state index in [1.54, 1.807) is 0 Å². The zero-order chi connectivity index (χ0) is 10.4. The Morgan fingerprint density at radius 1 is 1.43 bits per heavy atom. The highest BCUT2D eigenvalue weighted by Gasteiger charge is 2.01. The molecule has 0 saturated heterocycles. The lowest BCUT2D eigenvalue weighted by Gasteiger charge is -2.07. The largest absolute Gasteiger partial charge is 0.492 e.